The largest absolute Gasteiger partial charge is 0.454 e. The number of nitrogens with zero attached hydrogens (tertiary/aromatic N) is 5. The fraction of sp³-hybridized carbons (Fsp3) is 0.346. The Labute approximate surface area is 226 Å². The van der Waals surface area contributed by atoms with Crippen LogP contribution >= 0.6 is 0 Å². The maximum atomic E-state index is 13.2. The molecule has 0 atom stereocenters. The predicted octanol–water partition coefficient (Wildman–Crippen LogP) is 4.15. The Morgan fingerprint density at radius 1 is 0.975 bits per heavy atom. The highest BCUT2D eigenvalue weighted by molar-refractivity contribution is 5.95. The second-order valence-electron chi connectivity index (χ2n) is 8.71. The standard InChI is InChI=1S/C26H26F4N6O4/c1-2-39-25(38)36-12-10-35(11-13-36)22(37)19-5-3-4-18(14-19)21-32-23(31-15-17-6-8-20(27)9-7-17)34-24(33-21)40-16-26(28,29)30/h3-9,14H,2,10-13,15-16H2,1H3,(H,31,32,33,34). The number of aromatic nitrogens is 3. The molecule has 4 rings (SSSR count). The van der Waals surface area contributed by atoms with Crippen molar-refractivity contribution in [3.05, 3.63) is 65.5 Å². The lowest BCUT2D eigenvalue weighted by molar-refractivity contribution is -0.154. The molecule has 1 aliphatic rings. The number of alkyl halides is 3. The fourth-order valence-electron chi connectivity index (χ4n) is 3.84. The Balaban J connectivity index is 1.53. The number of hydrogen-bond donors (Lipinski definition) is 1. The van der Waals surface area contributed by atoms with Crippen LogP contribution in [0, 0.1) is 5.82 Å². The van der Waals surface area contributed by atoms with Crippen molar-refractivity contribution >= 4 is 17.9 Å². The first-order chi connectivity index (χ1) is 19.1. The van der Waals surface area contributed by atoms with Gasteiger partial charge < -0.3 is 24.6 Å². The number of nitrogens with one attached hydrogen (secondary N) is 1. The Morgan fingerprint density at radius 3 is 2.35 bits per heavy atom. The number of amides is 2. The summed E-state index contributed by atoms with van der Waals surface area (Å²) in [4.78, 5) is 40.4. The van der Waals surface area contributed by atoms with Crippen molar-refractivity contribution in [2.45, 2.75) is 19.6 Å². The summed E-state index contributed by atoms with van der Waals surface area (Å²) in [6, 6.07) is 11.4. The van der Waals surface area contributed by atoms with Crippen LogP contribution in [0.3, 0.4) is 0 Å². The summed E-state index contributed by atoms with van der Waals surface area (Å²) in [6.07, 6.45) is -5.04. The van der Waals surface area contributed by atoms with Crippen molar-refractivity contribution in [2.75, 3.05) is 44.7 Å². The van der Waals surface area contributed by atoms with Gasteiger partial charge in [0.25, 0.3) is 5.91 Å². The van der Waals surface area contributed by atoms with Crippen LogP contribution in [0.15, 0.2) is 48.5 Å². The number of piperazine rings is 1. The monoisotopic (exact) mass is 562 g/mol. The number of ether oxygens (including phenoxy) is 2. The summed E-state index contributed by atoms with van der Waals surface area (Å²) in [6.45, 7) is 1.77. The van der Waals surface area contributed by atoms with Gasteiger partial charge in [0, 0.05) is 43.9 Å². The third kappa shape index (κ3) is 7.77. The van der Waals surface area contributed by atoms with Crippen molar-refractivity contribution in [3.63, 3.8) is 0 Å². The van der Waals surface area contributed by atoms with Gasteiger partial charge in [-0.25, -0.2) is 9.18 Å². The first kappa shape index (κ1) is 28.5. The van der Waals surface area contributed by atoms with E-state index in [1.54, 1.807) is 30.0 Å². The van der Waals surface area contributed by atoms with Crippen LogP contribution in [-0.4, -0.2) is 82.3 Å². The van der Waals surface area contributed by atoms with E-state index in [9.17, 15) is 27.2 Å². The van der Waals surface area contributed by atoms with Crippen molar-refractivity contribution in [1.82, 2.24) is 24.8 Å². The molecular weight excluding hydrogens is 536 g/mol. The Morgan fingerprint density at radius 2 is 1.68 bits per heavy atom. The molecule has 0 bridgehead atoms. The zero-order valence-corrected chi connectivity index (χ0v) is 21.4. The Hall–Kier alpha value is -4.49. The number of benzene rings is 2. The zero-order valence-electron chi connectivity index (χ0n) is 21.4. The van der Waals surface area contributed by atoms with Crippen molar-refractivity contribution < 1.29 is 36.6 Å². The highest BCUT2D eigenvalue weighted by Crippen LogP contribution is 2.23. The number of carbonyl (C=O) groups excluding carboxylic acids is 2. The van der Waals surface area contributed by atoms with Crippen molar-refractivity contribution in [3.8, 4) is 17.4 Å². The van der Waals surface area contributed by atoms with E-state index < -0.39 is 30.7 Å². The Bertz CT molecular complexity index is 1330. The maximum absolute atomic E-state index is 13.2. The first-order valence-electron chi connectivity index (χ1n) is 12.4. The molecule has 0 spiro atoms. The van der Waals surface area contributed by atoms with E-state index in [1.807, 2.05) is 0 Å². The number of rotatable bonds is 8. The first-order valence-corrected chi connectivity index (χ1v) is 12.4. The van der Waals surface area contributed by atoms with Crippen LogP contribution in [0.4, 0.5) is 28.3 Å². The topological polar surface area (TPSA) is 110 Å². The van der Waals surface area contributed by atoms with E-state index in [2.05, 4.69) is 20.3 Å². The van der Waals surface area contributed by atoms with Crippen LogP contribution in [0.2, 0.25) is 0 Å². The van der Waals surface area contributed by atoms with Crippen molar-refractivity contribution in [2.24, 2.45) is 0 Å². The van der Waals surface area contributed by atoms with E-state index in [-0.39, 0.29) is 30.8 Å². The molecule has 0 radical (unpaired) electrons. The minimum atomic E-state index is -4.61. The molecule has 2 amide bonds. The van der Waals surface area contributed by atoms with Gasteiger partial charge in [-0.3, -0.25) is 4.79 Å². The average Bonchev–Trinajstić information content (AvgIpc) is 2.95. The summed E-state index contributed by atoms with van der Waals surface area (Å²) in [5.41, 5.74) is 1.33. The van der Waals surface area contributed by atoms with E-state index in [0.717, 1.165) is 0 Å². The van der Waals surface area contributed by atoms with E-state index in [0.29, 0.717) is 42.9 Å². The van der Waals surface area contributed by atoms with Gasteiger partial charge in [-0.1, -0.05) is 24.3 Å². The summed E-state index contributed by atoms with van der Waals surface area (Å²) in [7, 11) is 0. The van der Waals surface area contributed by atoms with Crippen LogP contribution in [-0.2, 0) is 11.3 Å². The number of hydrogen-bond acceptors (Lipinski definition) is 8. The highest BCUT2D eigenvalue weighted by Gasteiger charge is 2.29. The molecule has 1 fully saturated rings. The highest BCUT2D eigenvalue weighted by atomic mass is 19.4. The molecule has 10 nitrogen and oxygen atoms in total. The van der Waals surface area contributed by atoms with E-state index >= 15 is 0 Å². The molecule has 40 heavy (non-hydrogen) atoms. The maximum Gasteiger partial charge on any atom is 0.422 e. The SMILES string of the molecule is CCOC(=O)N1CCN(C(=O)c2cccc(-c3nc(NCc4ccc(F)cc4)nc(OCC(F)(F)F)n3)c2)CC1. The van der Waals surface area contributed by atoms with Crippen LogP contribution in [0.1, 0.15) is 22.8 Å². The molecule has 212 valence electrons. The smallest absolute Gasteiger partial charge is 0.422 e. The zero-order chi connectivity index (χ0) is 28.7. The fourth-order valence-corrected chi connectivity index (χ4v) is 3.84. The van der Waals surface area contributed by atoms with Gasteiger partial charge in [-0.15, -0.1) is 0 Å². The predicted molar refractivity (Wildman–Crippen MR) is 135 cm³/mol. The molecule has 1 N–H and O–H groups in total. The van der Waals surface area contributed by atoms with Gasteiger partial charge in [0.2, 0.25) is 5.95 Å². The van der Waals surface area contributed by atoms with Gasteiger partial charge in [0.05, 0.1) is 6.61 Å². The van der Waals surface area contributed by atoms with Crippen LogP contribution in [0.25, 0.3) is 11.4 Å². The second kappa shape index (κ2) is 12.6. The summed E-state index contributed by atoms with van der Waals surface area (Å²) < 4.78 is 61.3. The van der Waals surface area contributed by atoms with Gasteiger partial charge in [0.1, 0.15) is 5.82 Å². The summed E-state index contributed by atoms with van der Waals surface area (Å²) >= 11 is 0. The number of carbonyl (C=O) groups is 2. The minimum Gasteiger partial charge on any atom is -0.454 e. The molecule has 2 aromatic carbocycles. The van der Waals surface area contributed by atoms with E-state index in [4.69, 9.17) is 9.47 Å². The van der Waals surface area contributed by atoms with E-state index in [1.165, 1.54) is 35.2 Å². The summed E-state index contributed by atoms with van der Waals surface area (Å²) in [5.74, 6) is -0.791. The molecule has 1 saturated heterocycles. The summed E-state index contributed by atoms with van der Waals surface area (Å²) in [5, 5.41) is 2.88. The minimum absolute atomic E-state index is 0.0180. The average molecular weight is 563 g/mol. The molecule has 0 aliphatic carbocycles. The molecule has 0 unspecified atom stereocenters. The normalized spacial score (nSPS) is 13.6. The molecule has 14 heteroatoms. The van der Waals surface area contributed by atoms with Gasteiger partial charge in [0.15, 0.2) is 12.4 Å². The molecule has 0 saturated carbocycles. The molecule has 2 heterocycles. The van der Waals surface area contributed by atoms with Gasteiger partial charge in [-0.05, 0) is 36.8 Å². The van der Waals surface area contributed by atoms with Crippen LogP contribution < -0.4 is 10.1 Å². The lowest BCUT2D eigenvalue weighted by atomic mass is 10.1. The molecule has 1 aliphatic heterocycles. The number of anilines is 1. The third-order valence-corrected chi connectivity index (χ3v) is 5.80. The van der Waals surface area contributed by atoms with Crippen LogP contribution in [0.5, 0.6) is 6.01 Å². The quantitative estimate of drug-likeness (QED) is 0.408. The van der Waals surface area contributed by atoms with Gasteiger partial charge >= 0.3 is 18.3 Å². The van der Waals surface area contributed by atoms with Crippen molar-refractivity contribution in [1.29, 1.82) is 0 Å². The van der Waals surface area contributed by atoms with Gasteiger partial charge in [-0.2, -0.15) is 28.1 Å². The Kier molecular flexibility index (Phi) is 8.97. The lowest BCUT2D eigenvalue weighted by Gasteiger charge is -2.34. The molecule has 3 aromatic rings. The molecular formula is C26H26F4N6O4. The lowest BCUT2D eigenvalue weighted by Crippen LogP contribution is -2.50. The third-order valence-electron chi connectivity index (χ3n) is 5.80. The molecule has 1 aromatic heterocycles. The number of halogens is 4. The second-order valence-corrected chi connectivity index (χ2v) is 8.71.